The Bertz CT molecular complexity index is 444. The molecule has 0 bridgehead atoms. The number of hydrogen-bond donors (Lipinski definition) is 1. The van der Waals surface area contributed by atoms with Gasteiger partial charge in [-0.05, 0) is 55.9 Å². The van der Waals surface area contributed by atoms with E-state index in [2.05, 4.69) is 18.3 Å². The lowest BCUT2D eigenvalue weighted by molar-refractivity contribution is 0.463. The van der Waals surface area contributed by atoms with Crippen LogP contribution < -0.4 is 5.32 Å². The van der Waals surface area contributed by atoms with Crippen LogP contribution in [0.15, 0.2) is 18.2 Å². The predicted octanol–water partition coefficient (Wildman–Crippen LogP) is 3.63. The Kier molecular flexibility index (Phi) is 3.06. The zero-order chi connectivity index (χ0) is 12.5. The third-order valence-corrected chi connectivity index (χ3v) is 3.66. The standard InChI is InChI=1S/C14H17FN2/c1-10-6-12(15)8-13(7-10)17-14(9-16)5-3-4-11(14)2/h6-8,11,17H,3-5H2,1-2H3. The second kappa shape index (κ2) is 4.37. The van der Waals surface area contributed by atoms with Crippen LogP contribution in [0.2, 0.25) is 0 Å². The molecule has 1 aliphatic carbocycles. The fraction of sp³-hybridized carbons (Fsp3) is 0.500. The second-order valence-corrected chi connectivity index (χ2v) is 5.02. The Morgan fingerprint density at radius 1 is 1.47 bits per heavy atom. The zero-order valence-corrected chi connectivity index (χ0v) is 10.3. The van der Waals surface area contributed by atoms with Crippen molar-refractivity contribution in [2.75, 3.05) is 5.32 Å². The Morgan fingerprint density at radius 3 is 2.76 bits per heavy atom. The van der Waals surface area contributed by atoms with Crippen LogP contribution in [0.5, 0.6) is 0 Å². The number of nitrogens with zero attached hydrogens (tertiary/aromatic N) is 1. The van der Waals surface area contributed by atoms with E-state index >= 15 is 0 Å². The summed E-state index contributed by atoms with van der Waals surface area (Å²) >= 11 is 0. The first-order chi connectivity index (χ1) is 8.05. The second-order valence-electron chi connectivity index (χ2n) is 5.02. The van der Waals surface area contributed by atoms with Gasteiger partial charge in [0.05, 0.1) is 6.07 Å². The molecular formula is C14H17FN2. The lowest BCUT2D eigenvalue weighted by Crippen LogP contribution is -2.39. The average Bonchev–Trinajstić information content (AvgIpc) is 2.59. The zero-order valence-electron chi connectivity index (χ0n) is 10.3. The highest BCUT2D eigenvalue weighted by Crippen LogP contribution is 2.37. The van der Waals surface area contributed by atoms with Gasteiger partial charge in [0.25, 0.3) is 0 Å². The lowest BCUT2D eigenvalue weighted by Gasteiger charge is -2.28. The number of halogens is 1. The van der Waals surface area contributed by atoms with E-state index in [0.29, 0.717) is 11.6 Å². The number of hydrogen-bond acceptors (Lipinski definition) is 2. The minimum absolute atomic E-state index is 0.258. The molecule has 2 unspecified atom stereocenters. The van der Waals surface area contributed by atoms with E-state index < -0.39 is 5.54 Å². The predicted molar refractivity (Wildman–Crippen MR) is 66.1 cm³/mol. The normalized spacial score (nSPS) is 27.8. The molecule has 1 fully saturated rings. The highest BCUT2D eigenvalue weighted by atomic mass is 19.1. The summed E-state index contributed by atoms with van der Waals surface area (Å²) in [5.41, 5.74) is 1.05. The Morgan fingerprint density at radius 2 is 2.24 bits per heavy atom. The van der Waals surface area contributed by atoms with Gasteiger partial charge < -0.3 is 5.32 Å². The van der Waals surface area contributed by atoms with Gasteiger partial charge in [-0.15, -0.1) is 0 Å². The van der Waals surface area contributed by atoms with Gasteiger partial charge in [0.1, 0.15) is 11.4 Å². The molecular weight excluding hydrogens is 215 g/mol. The van der Waals surface area contributed by atoms with Gasteiger partial charge in [-0.25, -0.2) is 4.39 Å². The first kappa shape index (κ1) is 11.9. The Balaban J connectivity index is 2.28. The van der Waals surface area contributed by atoms with Crippen LogP contribution in [0.1, 0.15) is 31.7 Å². The van der Waals surface area contributed by atoms with E-state index in [1.807, 2.05) is 13.0 Å². The van der Waals surface area contributed by atoms with E-state index in [4.69, 9.17) is 0 Å². The molecule has 0 heterocycles. The van der Waals surface area contributed by atoms with Crippen LogP contribution in [-0.4, -0.2) is 5.54 Å². The van der Waals surface area contributed by atoms with Crippen LogP contribution in [0.25, 0.3) is 0 Å². The number of nitriles is 1. The summed E-state index contributed by atoms with van der Waals surface area (Å²) in [5.74, 6) is 0.0438. The van der Waals surface area contributed by atoms with E-state index in [1.165, 1.54) is 12.1 Å². The van der Waals surface area contributed by atoms with Crippen molar-refractivity contribution in [3.05, 3.63) is 29.6 Å². The fourth-order valence-corrected chi connectivity index (χ4v) is 2.63. The number of benzene rings is 1. The maximum atomic E-state index is 13.3. The van der Waals surface area contributed by atoms with Gasteiger partial charge in [-0.2, -0.15) is 5.26 Å². The molecule has 0 amide bonds. The quantitative estimate of drug-likeness (QED) is 0.845. The number of anilines is 1. The molecule has 1 aromatic rings. The molecule has 1 aliphatic rings. The van der Waals surface area contributed by atoms with Gasteiger partial charge in [0.15, 0.2) is 0 Å². The van der Waals surface area contributed by atoms with Gasteiger partial charge >= 0.3 is 0 Å². The van der Waals surface area contributed by atoms with Crippen LogP contribution in [0, 0.1) is 30.0 Å². The highest BCUT2D eigenvalue weighted by Gasteiger charge is 2.40. The molecule has 2 nitrogen and oxygen atoms in total. The maximum absolute atomic E-state index is 13.3. The average molecular weight is 232 g/mol. The minimum atomic E-state index is -0.528. The minimum Gasteiger partial charge on any atom is -0.367 e. The summed E-state index contributed by atoms with van der Waals surface area (Å²) in [7, 11) is 0. The molecule has 0 radical (unpaired) electrons. The largest absolute Gasteiger partial charge is 0.367 e. The number of nitrogens with one attached hydrogen (secondary N) is 1. The summed E-state index contributed by atoms with van der Waals surface area (Å²) in [6.45, 7) is 3.93. The van der Waals surface area contributed by atoms with E-state index in [9.17, 15) is 9.65 Å². The van der Waals surface area contributed by atoms with Gasteiger partial charge in [0, 0.05) is 5.69 Å². The van der Waals surface area contributed by atoms with Crippen molar-refractivity contribution in [2.24, 2.45) is 5.92 Å². The molecule has 0 spiro atoms. The van der Waals surface area contributed by atoms with Crippen molar-refractivity contribution in [3.8, 4) is 6.07 Å². The Labute approximate surface area is 101 Å². The van der Waals surface area contributed by atoms with Crippen molar-refractivity contribution in [3.63, 3.8) is 0 Å². The topological polar surface area (TPSA) is 35.8 Å². The molecule has 90 valence electrons. The summed E-state index contributed by atoms with van der Waals surface area (Å²) < 4.78 is 13.3. The molecule has 1 N–H and O–H groups in total. The molecule has 1 saturated carbocycles. The van der Waals surface area contributed by atoms with Crippen molar-refractivity contribution in [1.82, 2.24) is 0 Å². The molecule has 0 aliphatic heterocycles. The highest BCUT2D eigenvalue weighted by molar-refractivity contribution is 5.50. The van der Waals surface area contributed by atoms with Gasteiger partial charge in [0.2, 0.25) is 0 Å². The molecule has 2 atom stereocenters. The SMILES string of the molecule is Cc1cc(F)cc(NC2(C#N)CCCC2C)c1. The van der Waals surface area contributed by atoms with Gasteiger partial charge in [-0.1, -0.05) is 6.92 Å². The maximum Gasteiger partial charge on any atom is 0.127 e. The van der Waals surface area contributed by atoms with Crippen LogP contribution in [-0.2, 0) is 0 Å². The monoisotopic (exact) mass is 232 g/mol. The third kappa shape index (κ3) is 2.26. The van der Waals surface area contributed by atoms with E-state index in [1.54, 1.807) is 0 Å². The summed E-state index contributed by atoms with van der Waals surface area (Å²) in [5, 5.41) is 12.6. The fourth-order valence-electron chi connectivity index (χ4n) is 2.63. The van der Waals surface area contributed by atoms with Crippen molar-refractivity contribution < 1.29 is 4.39 Å². The lowest BCUT2D eigenvalue weighted by atomic mass is 9.89. The molecule has 3 heteroatoms. The summed E-state index contributed by atoms with van der Waals surface area (Å²) in [4.78, 5) is 0. The Hall–Kier alpha value is -1.56. The first-order valence-electron chi connectivity index (χ1n) is 6.02. The van der Waals surface area contributed by atoms with Crippen molar-refractivity contribution in [2.45, 2.75) is 38.6 Å². The molecule has 1 aromatic carbocycles. The first-order valence-corrected chi connectivity index (χ1v) is 6.02. The van der Waals surface area contributed by atoms with E-state index in [-0.39, 0.29) is 5.82 Å². The smallest absolute Gasteiger partial charge is 0.127 e. The van der Waals surface area contributed by atoms with Crippen molar-refractivity contribution in [1.29, 1.82) is 5.26 Å². The molecule has 0 saturated heterocycles. The molecule has 2 rings (SSSR count). The molecule has 0 aromatic heterocycles. The number of aryl methyl sites for hydroxylation is 1. The van der Waals surface area contributed by atoms with Crippen LogP contribution >= 0.6 is 0 Å². The summed E-state index contributed by atoms with van der Waals surface area (Å²) in [6.07, 6.45) is 2.94. The van der Waals surface area contributed by atoms with Gasteiger partial charge in [-0.3, -0.25) is 0 Å². The summed E-state index contributed by atoms with van der Waals surface area (Å²) in [6, 6.07) is 7.21. The molecule has 17 heavy (non-hydrogen) atoms. The van der Waals surface area contributed by atoms with E-state index in [0.717, 1.165) is 24.8 Å². The van der Waals surface area contributed by atoms with Crippen LogP contribution in [0.4, 0.5) is 10.1 Å². The van der Waals surface area contributed by atoms with Crippen LogP contribution in [0.3, 0.4) is 0 Å². The number of rotatable bonds is 2. The van der Waals surface area contributed by atoms with Crippen molar-refractivity contribution >= 4 is 5.69 Å². The third-order valence-electron chi connectivity index (χ3n) is 3.66.